The summed E-state index contributed by atoms with van der Waals surface area (Å²) >= 11 is 2.67. The first-order chi connectivity index (χ1) is 33.0. The zero-order chi connectivity index (χ0) is 48.4. The Kier molecular flexibility index (Phi) is 12.2. The van der Waals surface area contributed by atoms with E-state index in [-0.39, 0.29) is 43.9 Å². The number of nitrogens with one attached hydrogen (secondary N) is 3. The maximum absolute atomic E-state index is 15.5. The molecule has 27 heteroatoms. The number of aromatic nitrogens is 8. The van der Waals surface area contributed by atoms with Gasteiger partial charge in [0.1, 0.15) is 11.6 Å². The third-order valence-corrected chi connectivity index (χ3v) is 14.0. The van der Waals surface area contributed by atoms with Crippen LogP contribution in [0, 0.1) is 5.82 Å². The molecule has 2 unspecified atom stereocenters. The van der Waals surface area contributed by atoms with Crippen LogP contribution in [0.3, 0.4) is 0 Å². The van der Waals surface area contributed by atoms with Crippen molar-refractivity contribution in [1.82, 2.24) is 48.8 Å². The fourth-order valence-corrected chi connectivity index (χ4v) is 10.9. The minimum Gasteiger partial charge on any atom is -0.505 e. The predicted molar refractivity (Wildman–Crippen MR) is 243 cm³/mol. The quantitative estimate of drug-likeness (QED) is 0.0648. The van der Waals surface area contributed by atoms with Gasteiger partial charge in [-0.3, -0.25) is 18.9 Å². The number of phenolic OH excluding ortho intramolecular Hbond substituents is 1. The number of nitrogens with zero attached hydrogens (tertiary/aromatic N) is 10. The lowest BCUT2D eigenvalue weighted by Crippen LogP contribution is -2.41. The van der Waals surface area contributed by atoms with Crippen LogP contribution in [0.15, 0.2) is 63.2 Å². The summed E-state index contributed by atoms with van der Waals surface area (Å²) in [6.45, 7) is 3.30. The molecule has 4 aliphatic heterocycles. The predicted octanol–water partition coefficient (Wildman–Crippen LogP) is 4.52. The van der Waals surface area contributed by atoms with E-state index < -0.39 is 84.4 Å². The van der Waals surface area contributed by atoms with Gasteiger partial charge in [-0.2, -0.15) is 9.97 Å². The molecule has 8 N–H and O–H groups in total. The molecule has 2 fully saturated rings. The van der Waals surface area contributed by atoms with Crippen molar-refractivity contribution in [2.24, 2.45) is 0 Å². The van der Waals surface area contributed by atoms with Crippen LogP contribution in [0.2, 0.25) is 0 Å². The van der Waals surface area contributed by atoms with E-state index in [1.54, 1.807) is 11.6 Å². The molecule has 6 atom stereocenters. The van der Waals surface area contributed by atoms with E-state index in [1.807, 2.05) is 22.1 Å². The van der Waals surface area contributed by atoms with Gasteiger partial charge in [0.25, 0.3) is 11.8 Å². The number of aromatic hydroxyl groups is 1. The Hall–Kier alpha value is -6.39. The number of nitrogens with two attached hydrogens (primary N) is 2. The Bertz CT molecular complexity index is 3010. The summed E-state index contributed by atoms with van der Waals surface area (Å²) in [5.41, 5.74) is 13.0. The molecule has 2 saturated heterocycles. The van der Waals surface area contributed by atoms with E-state index in [0.29, 0.717) is 58.0 Å². The molecule has 9 heterocycles. The molecule has 20 nitrogen and oxygen atoms in total. The fourth-order valence-electron chi connectivity index (χ4n) is 9.38. The average Bonchev–Trinajstić information content (AvgIpc) is 4.12. The number of hydrogen-bond donors (Lipinski definition) is 6. The van der Waals surface area contributed by atoms with Gasteiger partial charge in [0.05, 0.1) is 48.0 Å². The number of halogens is 5. The zero-order valence-corrected chi connectivity index (χ0v) is 38.1. The van der Waals surface area contributed by atoms with Gasteiger partial charge in [-0.1, -0.05) is 0 Å². The van der Waals surface area contributed by atoms with E-state index in [0.717, 1.165) is 27.1 Å². The number of ether oxygens (including phenoxy) is 2. The Labute approximate surface area is 396 Å². The summed E-state index contributed by atoms with van der Waals surface area (Å²) in [6.07, 6.45) is -2.84. The van der Waals surface area contributed by atoms with Crippen LogP contribution in [0.5, 0.6) is 5.75 Å². The van der Waals surface area contributed by atoms with E-state index in [2.05, 4.69) is 30.9 Å². The van der Waals surface area contributed by atoms with Crippen LogP contribution in [0.4, 0.5) is 49.8 Å². The average molecular weight is 998 g/mol. The number of thiazole rings is 2. The summed E-state index contributed by atoms with van der Waals surface area (Å²) in [5.74, 6) is -8.10. The molecule has 69 heavy (non-hydrogen) atoms. The monoisotopic (exact) mass is 997 g/mol. The van der Waals surface area contributed by atoms with Gasteiger partial charge >= 0.3 is 11.4 Å². The number of hydrogen-bond acceptors (Lipinski definition) is 20. The highest BCUT2D eigenvalue weighted by atomic mass is 32.1. The Morgan fingerprint density at radius 3 is 1.97 bits per heavy atom. The van der Waals surface area contributed by atoms with E-state index in [4.69, 9.17) is 35.9 Å². The topological polar surface area (TPSA) is 255 Å². The second-order valence-corrected chi connectivity index (χ2v) is 18.7. The van der Waals surface area contributed by atoms with E-state index in [9.17, 15) is 19.1 Å². The molecule has 4 aliphatic rings. The normalized spacial score (nSPS) is 24.0. The highest BCUT2D eigenvalue weighted by Gasteiger charge is 2.54. The lowest BCUT2D eigenvalue weighted by atomic mass is 9.90. The summed E-state index contributed by atoms with van der Waals surface area (Å²) in [4.78, 5) is 54.9. The second kappa shape index (κ2) is 18.2. The van der Waals surface area contributed by atoms with Crippen LogP contribution in [0.1, 0.15) is 78.1 Å². The largest absolute Gasteiger partial charge is 0.505 e. The first-order valence-electron chi connectivity index (χ1n) is 21.8. The van der Waals surface area contributed by atoms with Crippen LogP contribution in [0.25, 0.3) is 0 Å². The molecule has 364 valence electrons. The fraction of sp³-hybridized carbons (Fsp3) is 0.429. The summed E-state index contributed by atoms with van der Waals surface area (Å²) in [7, 11) is 0. The number of phenols is 1. The highest BCUT2D eigenvalue weighted by molar-refractivity contribution is 7.14. The number of anilines is 5. The minimum atomic E-state index is -3.42. The molecule has 0 spiro atoms. The van der Waals surface area contributed by atoms with Crippen molar-refractivity contribution in [2.75, 3.05) is 60.3 Å². The lowest BCUT2D eigenvalue weighted by Gasteiger charge is -2.37. The van der Waals surface area contributed by atoms with Crippen molar-refractivity contribution < 1.29 is 36.5 Å². The Balaban J connectivity index is 0.838. The van der Waals surface area contributed by atoms with Gasteiger partial charge in [0.15, 0.2) is 21.8 Å². The maximum atomic E-state index is 15.5. The number of alkyl halides is 4. The number of rotatable bonds is 14. The number of benzene rings is 1. The molecule has 0 saturated carbocycles. The summed E-state index contributed by atoms with van der Waals surface area (Å²) < 4.78 is 89.5. The zero-order valence-electron chi connectivity index (χ0n) is 36.4. The van der Waals surface area contributed by atoms with Gasteiger partial charge in [0.2, 0.25) is 18.4 Å². The third-order valence-electron chi connectivity index (χ3n) is 12.3. The molecular formula is C42H44F5N15O5S2. The SMILES string of the molecule is CCNc1nc(C2c3cnc(NCNc4nc(C5c6cc(O)c(F)cc6CCN5C[C@@H]5CC(F)(F)[C@H](n6ccc(N)nc6=O)O5)cs4)nc3CN2C[C@@H]2CC(F)(F)[C@H](n3ccc(N)nc3=O)O2)cs1. The number of nitrogen functional groups attached to an aromatic ring is 2. The Morgan fingerprint density at radius 2 is 1.38 bits per heavy atom. The van der Waals surface area contributed by atoms with Crippen molar-refractivity contribution in [2.45, 2.75) is 81.3 Å². The molecule has 5 aromatic heterocycles. The van der Waals surface area contributed by atoms with Crippen molar-refractivity contribution in [3.8, 4) is 5.75 Å². The number of fused-ring (bicyclic) bond motifs is 2. The van der Waals surface area contributed by atoms with Crippen LogP contribution in [-0.2, 0) is 22.4 Å². The standard InChI is InChI=1S/C42H44F5N15O5S2/c1-2-50-37-55-28(18-68-37)33-24-13-51-36(54-26(24)16-60(33)15-22-12-42(46,47)35(67-22)62-8-5-31(49)58-40(62)65)52-19-53-38-56-27(17-69-38)32-23-10-29(63)25(43)9-20(23)3-6-59(32)14-21-11-41(44,45)34(66-21)61-7-4-30(48)57-39(61)64/h4-5,7-10,13,17-18,21-22,32-35,63H,2-3,6,11-12,14-16,19H2,1H3,(H,50,55)(H,53,56)(H2,48,57,64)(H2,49,58,65)(H,51,52,54)/t21-,22-,32?,33?,34+,35+/m0/s1. The van der Waals surface area contributed by atoms with Crippen molar-refractivity contribution >= 4 is 50.5 Å². The Morgan fingerprint density at radius 1 is 0.797 bits per heavy atom. The maximum Gasteiger partial charge on any atom is 0.351 e. The highest BCUT2D eigenvalue weighted by Crippen LogP contribution is 2.47. The van der Waals surface area contributed by atoms with E-state index >= 15 is 17.6 Å². The first-order valence-corrected chi connectivity index (χ1v) is 23.5. The molecule has 0 bridgehead atoms. The molecule has 1 aromatic carbocycles. The van der Waals surface area contributed by atoms with Gasteiger partial charge in [0, 0.05) is 80.5 Å². The molecule has 6 aromatic rings. The van der Waals surface area contributed by atoms with Crippen molar-refractivity contribution in [3.63, 3.8) is 0 Å². The lowest BCUT2D eigenvalue weighted by molar-refractivity contribution is -0.119. The van der Waals surface area contributed by atoms with Crippen LogP contribution in [-0.4, -0.2) is 111 Å². The van der Waals surface area contributed by atoms with Crippen LogP contribution < -0.4 is 38.8 Å². The molecule has 0 amide bonds. The second-order valence-electron chi connectivity index (χ2n) is 17.0. The summed E-state index contributed by atoms with van der Waals surface area (Å²) in [6, 6.07) is 3.90. The van der Waals surface area contributed by atoms with Gasteiger partial charge in [-0.25, -0.2) is 51.5 Å². The minimum absolute atomic E-state index is 0.0100. The van der Waals surface area contributed by atoms with Crippen molar-refractivity contribution in [3.05, 3.63) is 114 Å². The van der Waals surface area contributed by atoms with Crippen molar-refractivity contribution in [1.29, 1.82) is 0 Å². The molecule has 10 rings (SSSR count). The summed E-state index contributed by atoms with van der Waals surface area (Å²) in [5, 5.41) is 24.8. The van der Waals surface area contributed by atoms with Gasteiger partial charge in [-0.05, 0) is 48.7 Å². The third kappa shape index (κ3) is 9.16. The molecule has 0 aliphatic carbocycles. The van der Waals surface area contributed by atoms with Gasteiger partial charge in [-0.15, -0.1) is 22.7 Å². The van der Waals surface area contributed by atoms with E-state index in [1.165, 1.54) is 46.9 Å². The van der Waals surface area contributed by atoms with Crippen LogP contribution >= 0.6 is 22.7 Å². The smallest absolute Gasteiger partial charge is 0.351 e. The molecule has 0 radical (unpaired) electrons. The first kappa shape index (κ1) is 46.3. The van der Waals surface area contributed by atoms with Gasteiger partial charge < -0.3 is 42.0 Å². The molecular weight excluding hydrogens is 954 g/mol.